The van der Waals surface area contributed by atoms with Crippen LogP contribution in [0.4, 0.5) is 0 Å². The van der Waals surface area contributed by atoms with Gasteiger partial charge in [-0.25, -0.2) is 0 Å². The maximum absolute atomic E-state index is 11.5. The lowest BCUT2D eigenvalue weighted by atomic mass is 9.93. The minimum atomic E-state index is -1.54. The number of carbonyl (C=O) groups is 3. The van der Waals surface area contributed by atoms with Crippen LogP contribution in [-0.2, 0) is 14.4 Å². The van der Waals surface area contributed by atoms with Gasteiger partial charge in [0.2, 0.25) is 11.8 Å². The number of rotatable bonds is 4. The van der Waals surface area contributed by atoms with Gasteiger partial charge in [0.15, 0.2) is 0 Å². The molecule has 0 fully saturated rings. The lowest BCUT2D eigenvalue weighted by Crippen LogP contribution is -2.49. The van der Waals surface area contributed by atoms with Gasteiger partial charge in [-0.2, -0.15) is 0 Å². The third kappa shape index (κ3) is 5.33. The molecule has 2 amide bonds. The largest absolute Gasteiger partial charge is 0.480 e. The molecule has 6 nitrogen and oxygen atoms in total. The van der Waals surface area contributed by atoms with Gasteiger partial charge in [-0.05, 0) is 34.6 Å². The fourth-order valence-corrected chi connectivity index (χ4v) is 0.941. The van der Waals surface area contributed by atoms with E-state index < -0.39 is 17.3 Å². The molecule has 0 aromatic carbocycles. The number of carboxylic acids is 1. The summed E-state index contributed by atoms with van der Waals surface area (Å²) in [5, 5.41) is 13.8. The topological polar surface area (TPSA) is 95.5 Å². The third-order valence-electron chi connectivity index (χ3n) is 2.03. The Morgan fingerprint density at radius 2 is 1.53 bits per heavy atom. The summed E-state index contributed by atoms with van der Waals surface area (Å²) < 4.78 is 0. The standard InChI is InChI=1S/C11H20N2O4/c1-10(2,3)13-7(14)6-12-8(15)11(4,5)9(16)17/h6H2,1-5H3,(H,12,15)(H,13,14)(H,16,17). The molecule has 17 heavy (non-hydrogen) atoms. The molecule has 0 atom stereocenters. The first-order valence-corrected chi connectivity index (χ1v) is 5.29. The van der Waals surface area contributed by atoms with Crippen molar-refractivity contribution >= 4 is 17.8 Å². The van der Waals surface area contributed by atoms with Crippen LogP contribution in [0.1, 0.15) is 34.6 Å². The normalized spacial score (nSPS) is 11.8. The van der Waals surface area contributed by atoms with Crippen molar-refractivity contribution in [2.24, 2.45) is 5.41 Å². The van der Waals surface area contributed by atoms with Crippen LogP contribution in [0.25, 0.3) is 0 Å². The van der Waals surface area contributed by atoms with Crippen molar-refractivity contribution < 1.29 is 19.5 Å². The van der Waals surface area contributed by atoms with Crippen molar-refractivity contribution in [3.63, 3.8) is 0 Å². The molecule has 0 aliphatic carbocycles. The van der Waals surface area contributed by atoms with Crippen molar-refractivity contribution in [2.75, 3.05) is 6.54 Å². The number of amides is 2. The number of nitrogens with one attached hydrogen (secondary N) is 2. The summed E-state index contributed by atoms with van der Waals surface area (Å²) in [6.07, 6.45) is 0. The van der Waals surface area contributed by atoms with Crippen molar-refractivity contribution in [3.05, 3.63) is 0 Å². The number of aliphatic carboxylic acids is 1. The lowest BCUT2D eigenvalue weighted by molar-refractivity contribution is -0.153. The summed E-state index contributed by atoms with van der Waals surface area (Å²) in [5.74, 6) is -2.27. The summed E-state index contributed by atoms with van der Waals surface area (Å²) in [6.45, 7) is 7.78. The van der Waals surface area contributed by atoms with Gasteiger partial charge >= 0.3 is 5.97 Å². The summed E-state index contributed by atoms with van der Waals surface area (Å²) >= 11 is 0. The SMILES string of the molecule is CC(C)(C)NC(=O)CNC(=O)C(C)(C)C(=O)O. The van der Waals surface area contributed by atoms with Crippen LogP contribution in [0.15, 0.2) is 0 Å². The zero-order chi connectivity index (χ0) is 13.9. The van der Waals surface area contributed by atoms with Crippen LogP contribution in [0.5, 0.6) is 0 Å². The molecule has 0 bridgehead atoms. The molecule has 0 aromatic rings. The molecular formula is C11H20N2O4. The maximum Gasteiger partial charge on any atom is 0.318 e. The Bertz CT molecular complexity index is 329. The van der Waals surface area contributed by atoms with E-state index in [1.165, 1.54) is 13.8 Å². The van der Waals surface area contributed by atoms with Crippen LogP contribution >= 0.6 is 0 Å². The first-order valence-electron chi connectivity index (χ1n) is 5.29. The molecular weight excluding hydrogens is 224 g/mol. The highest BCUT2D eigenvalue weighted by atomic mass is 16.4. The number of carboxylic acid groups (broad SMARTS) is 1. The van der Waals surface area contributed by atoms with E-state index in [0.29, 0.717) is 0 Å². The van der Waals surface area contributed by atoms with Gasteiger partial charge < -0.3 is 15.7 Å². The van der Waals surface area contributed by atoms with E-state index in [4.69, 9.17) is 5.11 Å². The number of carbonyl (C=O) groups excluding carboxylic acids is 2. The van der Waals surface area contributed by atoms with Gasteiger partial charge in [0.1, 0.15) is 5.41 Å². The highest BCUT2D eigenvalue weighted by Gasteiger charge is 2.36. The second kappa shape index (κ2) is 5.16. The van der Waals surface area contributed by atoms with Gasteiger partial charge in [0, 0.05) is 5.54 Å². The summed E-state index contributed by atoms with van der Waals surface area (Å²) in [6, 6.07) is 0. The second-order valence-corrected chi connectivity index (χ2v) is 5.41. The molecule has 0 unspecified atom stereocenters. The van der Waals surface area contributed by atoms with Gasteiger partial charge in [-0.15, -0.1) is 0 Å². The first-order chi connectivity index (χ1) is 7.47. The van der Waals surface area contributed by atoms with Crippen LogP contribution in [0.3, 0.4) is 0 Å². The Balaban J connectivity index is 4.27. The number of hydrogen-bond acceptors (Lipinski definition) is 3. The Labute approximate surface area is 101 Å². The van der Waals surface area contributed by atoms with E-state index in [1.54, 1.807) is 0 Å². The van der Waals surface area contributed by atoms with Crippen LogP contribution in [0.2, 0.25) is 0 Å². The van der Waals surface area contributed by atoms with Crippen molar-refractivity contribution in [1.29, 1.82) is 0 Å². The molecule has 0 saturated heterocycles. The van der Waals surface area contributed by atoms with E-state index in [9.17, 15) is 14.4 Å². The maximum atomic E-state index is 11.5. The molecule has 0 saturated carbocycles. The van der Waals surface area contributed by atoms with E-state index >= 15 is 0 Å². The quantitative estimate of drug-likeness (QED) is 0.612. The smallest absolute Gasteiger partial charge is 0.318 e. The summed E-state index contributed by atoms with van der Waals surface area (Å²) in [5.41, 5.74) is -1.92. The third-order valence-corrected chi connectivity index (χ3v) is 2.03. The predicted octanol–water partition coefficient (Wildman–Crippen LogP) is 0.128. The zero-order valence-corrected chi connectivity index (χ0v) is 10.9. The molecule has 0 radical (unpaired) electrons. The zero-order valence-electron chi connectivity index (χ0n) is 10.9. The minimum Gasteiger partial charge on any atom is -0.480 e. The second-order valence-electron chi connectivity index (χ2n) is 5.41. The Hall–Kier alpha value is -1.59. The highest BCUT2D eigenvalue weighted by molar-refractivity contribution is 6.02. The highest BCUT2D eigenvalue weighted by Crippen LogP contribution is 2.14. The molecule has 0 aliphatic heterocycles. The predicted molar refractivity (Wildman–Crippen MR) is 62.3 cm³/mol. The Morgan fingerprint density at radius 1 is 1.06 bits per heavy atom. The van der Waals surface area contributed by atoms with Crippen LogP contribution in [-0.4, -0.2) is 35.0 Å². The summed E-state index contributed by atoms with van der Waals surface area (Å²) in [7, 11) is 0. The fraction of sp³-hybridized carbons (Fsp3) is 0.727. The van der Waals surface area contributed by atoms with E-state index in [1.807, 2.05) is 20.8 Å². The van der Waals surface area contributed by atoms with E-state index in [-0.39, 0.29) is 18.0 Å². The first kappa shape index (κ1) is 15.4. The average Bonchev–Trinajstić information content (AvgIpc) is 2.10. The van der Waals surface area contributed by atoms with Gasteiger partial charge in [0.25, 0.3) is 0 Å². The van der Waals surface area contributed by atoms with Crippen molar-refractivity contribution in [3.8, 4) is 0 Å². The molecule has 0 rings (SSSR count). The minimum absolute atomic E-state index is 0.229. The summed E-state index contributed by atoms with van der Waals surface area (Å²) in [4.78, 5) is 33.7. The molecule has 98 valence electrons. The monoisotopic (exact) mass is 244 g/mol. The molecule has 0 aliphatic rings. The van der Waals surface area contributed by atoms with Crippen molar-refractivity contribution in [1.82, 2.24) is 10.6 Å². The van der Waals surface area contributed by atoms with E-state index in [2.05, 4.69) is 10.6 Å². The number of hydrogen-bond donors (Lipinski definition) is 3. The van der Waals surface area contributed by atoms with Crippen LogP contribution < -0.4 is 10.6 Å². The molecule has 0 heterocycles. The Kier molecular flexibility index (Phi) is 4.68. The van der Waals surface area contributed by atoms with Gasteiger partial charge in [-0.3, -0.25) is 14.4 Å². The van der Waals surface area contributed by atoms with Gasteiger partial charge in [0.05, 0.1) is 6.54 Å². The molecule has 6 heteroatoms. The fourth-order valence-electron chi connectivity index (χ4n) is 0.941. The molecule has 0 aromatic heterocycles. The van der Waals surface area contributed by atoms with Gasteiger partial charge in [-0.1, -0.05) is 0 Å². The van der Waals surface area contributed by atoms with Crippen LogP contribution in [0, 0.1) is 5.41 Å². The Morgan fingerprint density at radius 3 is 1.88 bits per heavy atom. The van der Waals surface area contributed by atoms with E-state index in [0.717, 1.165) is 0 Å². The molecule has 3 N–H and O–H groups in total. The average molecular weight is 244 g/mol. The van der Waals surface area contributed by atoms with Crippen molar-refractivity contribution in [2.45, 2.75) is 40.2 Å². The molecule has 0 spiro atoms. The lowest BCUT2D eigenvalue weighted by Gasteiger charge is -2.22.